The van der Waals surface area contributed by atoms with Crippen LogP contribution in [0.15, 0.2) is 23.1 Å². The first-order valence-electron chi connectivity index (χ1n) is 7.83. The predicted octanol–water partition coefficient (Wildman–Crippen LogP) is 4.72. The number of H-pyrrole nitrogens is 1. The van der Waals surface area contributed by atoms with E-state index < -0.39 is 6.09 Å². The van der Waals surface area contributed by atoms with E-state index in [4.69, 9.17) is 5.11 Å². The number of amides is 1. The molecule has 1 aliphatic rings. The number of carboxylic acid groups (broad SMARTS) is 1. The van der Waals surface area contributed by atoms with Crippen LogP contribution in [-0.2, 0) is 0 Å². The van der Waals surface area contributed by atoms with Crippen molar-refractivity contribution in [1.29, 1.82) is 0 Å². The number of carbonyl (C=O) groups is 1. The van der Waals surface area contributed by atoms with Gasteiger partial charge in [0.2, 0.25) is 5.95 Å². The Morgan fingerprint density at radius 1 is 1.36 bits per heavy atom. The number of nitrogens with one attached hydrogen (secondary N) is 2. The van der Waals surface area contributed by atoms with Crippen LogP contribution in [0.4, 0.5) is 10.7 Å². The molecule has 6 heteroatoms. The van der Waals surface area contributed by atoms with Crippen LogP contribution in [0.3, 0.4) is 0 Å². The van der Waals surface area contributed by atoms with Gasteiger partial charge in [-0.15, -0.1) is 11.8 Å². The third-order valence-corrected chi connectivity index (χ3v) is 4.98. The van der Waals surface area contributed by atoms with Crippen molar-refractivity contribution in [2.45, 2.75) is 43.4 Å². The molecule has 0 radical (unpaired) electrons. The van der Waals surface area contributed by atoms with Gasteiger partial charge in [-0.3, -0.25) is 5.32 Å². The fraction of sp³-hybridized carbons (Fsp3) is 0.500. The molecule has 3 rings (SSSR count). The molecule has 22 heavy (non-hydrogen) atoms. The quantitative estimate of drug-likeness (QED) is 0.486. The number of imidazole rings is 1. The summed E-state index contributed by atoms with van der Waals surface area (Å²) in [5.74, 6) is 2.44. The monoisotopic (exact) mass is 319 g/mol. The largest absolute Gasteiger partial charge is 0.465 e. The zero-order chi connectivity index (χ0) is 15.4. The minimum Gasteiger partial charge on any atom is -0.465 e. The summed E-state index contributed by atoms with van der Waals surface area (Å²) in [4.78, 5) is 19.0. The van der Waals surface area contributed by atoms with E-state index in [0.29, 0.717) is 0 Å². The Morgan fingerprint density at radius 2 is 2.23 bits per heavy atom. The molecule has 0 unspecified atom stereocenters. The summed E-state index contributed by atoms with van der Waals surface area (Å²) < 4.78 is 0. The van der Waals surface area contributed by atoms with Crippen molar-refractivity contribution in [2.75, 3.05) is 11.1 Å². The first-order chi connectivity index (χ1) is 10.7. The van der Waals surface area contributed by atoms with Crippen LogP contribution in [0.5, 0.6) is 0 Å². The summed E-state index contributed by atoms with van der Waals surface area (Å²) in [7, 11) is 0. The Kier molecular flexibility index (Phi) is 4.87. The van der Waals surface area contributed by atoms with E-state index in [2.05, 4.69) is 21.4 Å². The van der Waals surface area contributed by atoms with Crippen molar-refractivity contribution in [3.05, 3.63) is 18.2 Å². The van der Waals surface area contributed by atoms with Crippen LogP contribution in [0.25, 0.3) is 11.0 Å². The summed E-state index contributed by atoms with van der Waals surface area (Å²) >= 11 is 1.84. The fourth-order valence-electron chi connectivity index (χ4n) is 2.54. The van der Waals surface area contributed by atoms with Gasteiger partial charge in [0, 0.05) is 4.90 Å². The molecule has 0 bridgehead atoms. The number of aromatic nitrogens is 2. The Hall–Kier alpha value is -1.69. The van der Waals surface area contributed by atoms with Gasteiger partial charge < -0.3 is 10.1 Å². The first-order valence-corrected chi connectivity index (χ1v) is 8.82. The normalized spacial score (nSPS) is 14.4. The van der Waals surface area contributed by atoms with Crippen molar-refractivity contribution in [1.82, 2.24) is 9.97 Å². The maximum absolute atomic E-state index is 10.6. The molecule has 1 heterocycles. The van der Waals surface area contributed by atoms with Gasteiger partial charge in [0.1, 0.15) is 0 Å². The van der Waals surface area contributed by atoms with Gasteiger partial charge in [-0.25, -0.2) is 9.78 Å². The highest BCUT2D eigenvalue weighted by Gasteiger charge is 2.19. The van der Waals surface area contributed by atoms with Crippen molar-refractivity contribution >= 4 is 34.8 Å². The number of thioether (sulfide) groups is 1. The molecule has 5 nitrogen and oxygen atoms in total. The van der Waals surface area contributed by atoms with Gasteiger partial charge in [-0.2, -0.15) is 0 Å². The minimum absolute atomic E-state index is 0.268. The van der Waals surface area contributed by atoms with Gasteiger partial charge in [-0.05, 0) is 36.3 Å². The summed E-state index contributed by atoms with van der Waals surface area (Å²) in [6.45, 7) is 0. The highest BCUT2D eigenvalue weighted by Crippen LogP contribution is 2.34. The summed E-state index contributed by atoms with van der Waals surface area (Å²) in [5, 5.41) is 10.9. The molecule has 0 saturated heterocycles. The first kappa shape index (κ1) is 15.2. The molecule has 0 aliphatic heterocycles. The SMILES string of the molecule is O=C(O)Nc1nc2cc(SCCCCCC3CC3)ccc2[nH]1. The fourth-order valence-corrected chi connectivity index (χ4v) is 3.49. The summed E-state index contributed by atoms with van der Waals surface area (Å²) in [5.41, 5.74) is 1.64. The lowest BCUT2D eigenvalue weighted by Gasteiger charge is -2.02. The number of benzene rings is 1. The van der Waals surface area contributed by atoms with E-state index in [1.165, 1.54) is 43.4 Å². The van der Waals surface area contributed by atoms with Crippen LogP contribution in [0, 0.1) is 5.92 Å². The zero-order valence-corrected chi connectivity index (χ0v) is 13.3. The highest BCUT2D eigenvalue weighted by molar-refractivity contribution is 7.99. The minimum atomic E-state index is -1.11. The molecule has 1 fully saturated rings. The van der Waals surface area contributed by atoms with Gasteiger partial charge >= 0.3 is 6.09 Å². The number of fused-ring (bicyclic) bond motifs is 1. The Labute approximate surface area is 133 Å². The zero-order valence-electron chi connectivity index (χ0n) is 12.5. The van der Waals surface area contributed by atoms with Crippen LogP contribution < -0.4 is 5.32 Å². The van der Waals surface area contributed by atoms with Crippen molar-refractivity contribution in [2.24, 2.45) is 5.92 Å². The second-order valence-corrected chi connectivity index (χ2v) is 7.00. The van der Waals surface area contributed by atoms with E-state index in [1.807, 2.05) is 23.9 Å². The number of nitrogens with zero attached hydrogens (tertiary/aromatic N) is 1. The molecule has 1 aliphatic carbocycles. The van der Waals surface area contributed by atoms with Crippen molar-refractivity contribution in [3.8, 4) is 0 Å². The molecule has 3 N–H and O–H groups in total. The number of rotatable bonds is 8. The van der Waals surface area contributed by atoms with Gasteiger partial charge in [-0.1, -0.05) is 32.1 Å². The molecule has 1 aromatic heterocycles. The standard InChI is InChI=1S/C16H21N3O2S/c20-16(21)19-15-17-13-8-7-12(10-14(13)18-15)22-9-3-1-2-4-11-5-6-11/h7-8,10-11H,1-6,9H2,(H,20,21)(H2,17,18,19). The van der Waals surface area contributed by atoms with Crippen LogP contribution in [0.2, 0.25) is 0 Å². The predicted molar refractivity (Wildman–Crippen MR) is 89.7 cm³/mol. The number of hydrogen-bond donors (Lipinski definition) is 3. The average Bonchev–Trinajstić information content (AvgIpc) is 3.21. The van der Waals surface area contributed by atoms with E-state index >= 15 is 0 Å². The Balaban J connectivity index is 1.47. The molecule has 2 aromatic rings. The second-order valence-electron chi connectivity index (χ2n) is 5.84. The van der Waals surface area contributed by atoms with Crippen LogP contribution >= 0.6 is 11.8 Å². The van der Waals surface area contributed by atoms with E-state index in [-0.39, 0.29) is 5.95 Å². The van der Waals surface area contributed by atoms with E-state index in [9.17, 15) is 4.79 Å². The highest BCUT2D eigenvalue weighted by atomic mass is 32.2. The number of hydrogen-bond acceptors (Lipinski definition) is 3. The molecular weight excluding hydrogens is 298 g/mol. The molecular formula is C16H21N3O2S. The second kappa shape index (κ2) is 7.05. The topological polar surface area (TPSA) is 78.0 Å². The average molecular weight is 319 g/mol. The van der Waals surface area contributed by atoms with Gasteiger partial charge in [0.25, 0.3) is 0 Å². The van der Waals surface area contributed by atoms with Crippen LogP contribution in [0.1, 0.15) is 38.5 Å². The molecule has 1 aromatic carbocycles. The number of aromatic amines is 1. The molecule has 1 amide bonds. The van der Waals surface area contributed by atoms with Crippen molar-refractivity contribution < 1.29 is 9.90 Å². The van der Waals surface area contributed by atoms with Crippen molar-refractivity contribution in [3.63, 3.8) is 0 Å². The number of unbranched alkanes of at least 4 members (excludes halogenated alkanes) is 2. The lowest BCUT2D eigenvalue weighted by Crippen LogP contribution is -2.08. The van der Waals surface area contributed by atoms with Gasteiger partial charge in [0.15, 0.2) is 0 Å². The molecule has 0 atom stereocenters. The molecule has 1 saturated carbocycles. The number of anilines is 1. The third kappa shape index (κ3) is 4.40. The Bertz CT molecular complexity index is 652. The van der Waals surface area contributed by atoms with E-state index in [0.717, 1.165) is 22.7 Å². The summed E-state index contributed by atoms with van der Waals surface area (Å²) in [6, 6.07) is 6.01. The van der Waals surface area contributed by atoms with Gasteiger partial charge in [0.05, 0.1) is 11.0 Å². The maximum Gasteiger partial charge on any atom is 0.411 e. The molecule has 118 valence electrons. The molecule has 0 spiro atoms. The maximum atomic E-state index is 10.6. The third-order valence-electron chi connectivity index (χ3n) is 3.90. The lowest BCUT2D eigenvalue weighted by atomic mass is 10.1. The smallest absolute Gasteiger partial charge is 0.411 e. The van der Waals surface area contributed by atoms with E-state index in [1.54, 1.807) is 0 Å². The lowest BCUT2D eigenvalue weighted by molar-refractivity contribution is 0.209. The summed E-state index contributed by atoms with van der Waals surface area (Å²) in [6.07, 6.45) is 7.16. The van der Waals surface area contributed by atoms with Crippen LogP contribution in [-0.4, -0.2) is 26.9 Å². The Morgan fingerprint density at radius 3 is 3.00 bits per heavy atom.